The van der Waals surface area contributed by atoms with Crippen LogP contribution in [0.1, 0.15) is 48.8 Å². The minimum atomic E-state index is -4.25. The van der Waals surface area contributed by atoms with Crippen LogP contribution in [-0.4, -0.2) is 43.8 Å². The smallest absolute Gasteiger partial charge is 0.264 e. The van der Waals surface area contributed by atoms with Crippen molar-refractivity contribution in [1.82, 2.24) is 10.2 Å². The average Bonchev–Trinajstić information content (AvgIpc) is 3.08. The highest BCUT2D eigenvalue weighted by Gasteiger charge is 2.36. The van der Waals surface area contributed by atoms with Gasteiger partial charge in [0, 0.05) is 24.0 Å². The van der Waals surface area contributed by atoms with Crippen molar-refractivity contribution in [3.8, 4) is 0 Å². The van der Waals surface area contributed by atoms with Gasteiger partial charge in [-0.3, -0.25) is 13.9 Å². The normalized spacial score (nSPS) is 14.3. The van der Waals surface area contributed by atoms with E-state index in [1.807, 2.05) is 30.3 Å². The molecule has 0 saturated heterocycles. The van der Waals surface area contributed by atoms with Gasteiger partial charge in [-0.2, -0.15) is 0 Å². The Morgan fingerprint density at radius 3 is 2.17 bits per heavy atom. The monoisotopic (exact) mass is 675 g/mol. The fraction of sp³-hybridized carbons (Fsp3) is 0.297. The Morgan fingerprint density at radius 2 is 1.51 bits per heavy atom. The second kappa shape index (κ2) is 15.6. The van der Waals surface area contributed by atoms with E-state index in [1.165, 1.54) is 35.2 Å². The van der Waals surface area contributed by atoms with Crippen molar-refractivity contribution in [2.45, 2.75) is 69.0 Å². The number of carbonyl (C=O) groups is 2. The minimum Gasteiger partial charge on any atom is -0.352 e. The molecular formula is C37H39ClFN3O4S. The highest BCUT2D eigenvalue weighted by atomic mass is 35.5. The predicted molar refractivity (Wildman–Crippen MR) is 183 cm³/mol. The van der Waals surface area contributed by atoms with Crippen LogP contribution in [0.4, 0.5) is 10.1 Å². The van der Waals surface area contributed by atoms with Crippen LogP contribution in [0.3, 0.4) is 0 Å². The van der Waals surface area contributed by atoms with Gasteiger partial charge in [0.25, 0.3) is 10.0 Å². The molecule has 10 heteroatoms. The number of anilines is 1. The molecule has 0 aliphatic heterocycles. The molecular weight excluding hydrogens is 637 g/mol. The van der Waals surface area contributed by atoms with Crippen molar-refractivity contribution in [1.29, 1.82) is 0 Å². The molecule has 1 atom stereocenters. The maximum Gasteiger partial charge on any atom is 0.264 e. The Labute approximate surface area is 281 Å². The van der Waals surface area contributed by atoms with Crippen LogP contribution in [0, 0.1) is 12.7 Å². The van der Waals surface area contributed by atoms with E-state index in [9.17, 15) is 22.4 Å². The molecule has 0 heterocycles. The number of hydrogen-bond acceptors (Lipinski definition) is 4. The summed E-state index contributed by atoms with van der Waals surface area (Å²) < 4.78 is 43.4. The van der Waals surface area contributed by atoms with E-state index in [4.69, 9.17) is 11.6 Å². The van der Waals surface area contributed by atoms with E-state index < -0.39 is 34.3 Å². The lowest BCUT2D eigenvalue weighted by Crippen LogP contribution is -2.55. The first-order chi connectivity index (χ1) is 22.6. The maximum atomic E-state index is 14.6. The van der Waals surface area contributed by atoms with Gasteiger partial charge in [-0.05, 0) is 72.9 Å². The van der Waals surface area contributed by atoms with Crippen LogP contribution in [0.5, 0.6) is 0 Å². The van der Waals surface area contributed by atoms with Crippen molar-refractivity contribution in [3.63, 3.8) is 0 Å². The van der Waals surface area contributed by atoms with Crippen LogP contribution in [0.25, 0.3) is 0 Å². The lowest BCUT2D eigenvalue weighted by atomic mass is 9.94. The summed E-state index contributed by atoms with van der Waals surface area (Å²) in [5.74, 6) is -1.33. The molecule has 4 aromatic rings. The second-order valence-corrected chi connectivity index (χ2v) is 14.3. The minimum absolute atomic E-state index is 0.00753. The SMILES string of the molecule is Cc1ccc(Cl)cc1N(CC(=O)N(Cc1ccc(F)cc1)[C@@H](Cc1ccccc1)C(=O)NC1CCCCC1)S(=O)(=O)c1ccccc1. The standard InChI is InChI=1S/C37H39ClFN3O4S/c1-27-17-20-30(38)24-34(27)42(47(45,46)33-15-9-4-10-16-33)26-36(43)41(25-29-18-21-31(39)22-19-29)35(23-28-11-5-2-6-12-28)37(44)40-32-13-7-3-8-14-32/h2,4-6,9-12,15-22,24,32,35H,3,7-8,13-14,23,25-26H2,1H3,(H,40,44)/t35-/m0/s1. The fourth-order valence-electron chi connectivity index (χ4n) is 5.97. The molecule has 0 spiro atoms. The summed E-state index contributed by atoms with van der Waals surface area (Å²) in [7, 11) is -4.25. The van der Waals surface area contributed by atoms with Crippen molar-refractivity contribution >= 4 is 39.1 Å². The molecule has 1 fully saturated rings. The molecule has 1 aliphatic carbocycles. The number of aryl methyl sites for hydroxylation is 1. The molecule has 0 bridgehead atoms. The quantitative estimate of drug-likeness (QED) is 0.174. The zero-order valence-electron chi connectivity index (χ0n) is 26.3. The number of amides is 2. The largest absolute Gasteiger partial charge is 0.352 e. The number of carbonyl (C=O) groups excluding carboxylic acids is 2. The van der Waals surface area contributed by atoms with Crippen LogP contribution in [0.15, 0.2) is 108 Å². The number of nitrogens with zero attached hydrogens (tertiary/aromatic N) is 2. The lowest BCUT2D eigenvalue weighted by Gasteiger charge is -2.35. The number of nitrogens with one attached hydrogen (secondary N) is 1. The van der Waals surface area contributed by atoms with E-state index in [-0.39, 0.29) is 35.5 Å². The third-order valence-corrected chi connectivity index (χ3v) is 10.5. The molecule has 0 radical (unpaired) electrons. The summed E-state index contributed by atoms with van der Waals surface area (Å²) in [6, 6.07) is 26.9. The summed E-state index contributed by atoms with van der Waals surface area (Å²) >= 11 is 6.35. The first-order valence-corrected chi connectivity index (χ1v) is 17.7. The van der Waals surface area contributed by atoms with Gasteiger partial charge in [0.05, 0.1) is 10.6 Å². The van der Waals surface area contributed by atoms with E-state index in [1.54, 1.807) is 49.4 Å². The molecule has 47 heavy (non-hydrogen) atoms. The second-order valence-electron chi connectivity index (χ2n) is 12.0. The molecule has 0 unspecified atom stereocenters. The lowest BCUT2D eigenvalue weighted by molar-refractivity contribution is -0.140. The third-order valence-electron chi connectivity index (χ3n) is 8.54. The van der Waals surface area contributed by atoms with Crippen molar-refractivity contribution in [2.24, 2.45) is 0 Å². The molecule has 2 amide bonds. The Hall–Kier alpha value is -4.21. The topological polar surface area (TPSA) is 86.8 Å². The molecule has 5 rings (SSSR count). The van der Waals surface area contributed by atoms with Crippen LogP contribution >= 0.6 is 11.6 Å². The van der Waals surface area contributed by atoms with Gasteiger partial charge < -0.3 is 10.2 Å². The molecule has 7 nitrogen and oxygen atoms in total. The zero-order valence-corrected chi connectivity index (χ0v) is 27.9. The molecule has 4 aromatic carbocycles. The third kappa shape index (κ3) is 8.78. The summed E-state index contributed by atoms with van der Waals surface area (Å²) in [6.45, 7) is 1.11. The Kier molecular flexibility index (Phi) is 11.3. The first-order valence-electron chi connectivity index (χ1n) is 15.8. The molecule has 1 saturated carbocycles. The first kappa shape index (κ1) is 34.1. The van der Waals surface area contributed by atoms with Crippen LogP contribution in [-0.2, 0) is 32.6 Å². The average molecular weight is 676 g/mol. The Morgan fingerprint density at radius 1 is 0.872 bits per heavy atom. The van der Waals surface area contributed by atoms with E-state index in [0.29, 0.717) is 16.1 Å². The van der Waals surface area contributed by atoms with Gasteiger partial charge >= 0.3 is 0 Å². The van der Waals surface area contributed by atoms with Gasteiger partial charge in [0.1, 0.15) is 18.4 Å². The predicted octanol–water partition coefficient (Wildman–Crippen LogP) is 7.07. The molecule has 1 N–H and O–H groups in total. The van der Waals surface area contributed by atoms with Crippen molar-refractivity contribution < 1.29 is 22.4 Å². The summed E-state index contributed by atoms with van der Waals surface area (Å²) in [5, 5.41) is 3.49. The van der Waals surface area contributed by atoms with Gasteiger partial charge in [0.15, 0.2) is 0 Å². The van der Waals surface area contributed by atoms with Crippen molar-refractivity contribution in [2.75, 3.05) is 10.8 Å². The zero-order chi connectivity index (χ0) is 33.4. The molecule has 0 aromatic heterocycles. The van der Waals surface area contributed by atoms with Crippen LogP contribution < -0.4 is 9.62 Å². The highest BCUT2D eigenvalue weighted by Crippen LogP contribution is 2.30. The fourth-order valence-corrected chi connectivity index (χ4v) is 7.63. The summed E-state index contributed by atoms with van der Waals surface area (Å²) in [6.07, 6.45) is 5.05. The number of benzene rings is 4. The van der Waals surface area contributed by atoms with Crippen LogP contribution in [0.2, 0.25) is 5.02 Å². The number of hydrogen-bond donors (Lipinski definition) is 1. The maximum absolute atomic E-state index is 14.6. The van der Waals surface area contributed by atoms with Crippen molar-refractivity contribution in [3.05, 3.63) is 131 Å². The van der Waals surface area contributed by atoms with Gasteiger partial charge in [-0.1, -0.05) is 97.6 Å². The van der Waals surface area contributed by atoms with Gasteiger partial charge in [-0.25, -0.2) is 12.8 Å². The van der Waals surface area contributed by atoms with E-state index in [2.05, 4.69) is 5.32 Å². The summed E-state index contributed by atoms with van der Waals surface area (Å²) in [5.41, 5.74) is 2.29. The number of sulfonamides is 1. The summed E-state index contributed by atoms with van der Waals surface area (Å²) in [4.78, 5) is 30.2. The molecule has 246 valence electrons. The molecule has 1 aliphatic rings. The van der Waals surface area contributed by atoms with E-state index >= 15 is 0 Å². The van der Waals surface area contributed by atoms with Gasteiger partial charge in [-0.15, -0.1) is 0 Å². The van der Waals surface area contributed by atoms with Gasteiger partial charge in [0.2, 0.25) is 11.8 Å². The van der Waals surface area contributed by atoms with E-state index in [0.717, 1.165) is 42.0 Å². The number of halogens is 2. The Balaban J connectivity index is 1.58. The number of rotatable bonds is 12. The Bertz CT molecular complexity index is 1770. The highest BCUT2D eigenvalue weighted by molar-refractivity contribution is 7.92.